The van der Waals surface area contributed by atoms with Crippen LogP contribution in [0.3, 0.4) is 0 Å². The molecule has 0 saturated heterocycles. The van der Waals surface area contributed by atoms with Gasteiger partial charge in [0.1, 0.15) is 0 Å². The first-order valence-electron chi connectivity index (χ1n) is 6.12. The van der Waals surface area contributed by atoms with Crippen LogP contribution in [-0.2, 0) is 6.42 Å². The van der Waals surface area contributed by atoms with Gasteiger partial charge in [0, 0.05) is 23.7 Å². The lowest BCUT2D eigenvalue weighted by atomic mass is 10.1. The molecule has 1 aromatic carbocycles. The largest absolute Gasteiger partial charge is 0.472 e. The van der Waals surface area contributed by atoms with Crippen LogP contribution in [0.1, 0.15) is 21.5 Å². The lowest BCUT2D eigenvalue weighted by Gasteiger charge is -2.05. The molecule has 6 heteroatoms. The molecule has 0 aliphatic rings. The van der Waals surface area contributed by atoms with Gasteiger partial charge in [-0.2, -0.15) is 0 Å². The van der Waals surface area contributed by atoms with Gasteiger partial charge in [0.05, 0.1) is 17.4 Å². The number of furan rings is 1. The van der Waals surface area contributed by atoms with E-state index in [9.17, 15) is 14.9 Å². The summed E-state index contributed by atoms with van der Waals surface area (Å²) in [6.07, 6.45) is 3.83. The number of amides is 1. The fourth-order valence-electron chi connectivity index (χ4n) is 1.80. The Balaban J connectivity index is 1.98. The van der Waals surface area contributed by atoms with Gasteiger partial charge in [-0.05, 0) is 31.0 Å². The van der Waals surface area contributed by atoms with Crippen molar-refractivity contribution in [1.82, 2.24) is 5.32 Å². The normalized spacial score (nSPS) is 10.2. The summed E-state index contributed by atoms with van der Waals surface area (Å²) in [5, 5.41) is 13.5. The van der Waals surface area contributed by atoms with E-state index in [1.54, 1.807) is 31.6 Å². The Morgan fingerprint density at radius 3 is 2.85 bits per heavy atom. The van der Waals surface area contributed by atoms with E-state index in [1.165, 1.54) is 6.07 Å². The first-order chi connectivity index (χ1) is 9.58. The number of rotatable bonds is 5. The lowest BCUT2D eigenvalue weighted by Crippen LogP contribution is -2.25. The lowest BCUT2D eigenvalue weighted by molar-refractivity contribution is -0.385. The van der Waals surface area contributed by atoms with Gasteiger partial charge >= 0.3 is 0 Å². The number of hydrogen-bond acceptors (Lipinski definition) is 4. The third-order valence-corrected chi connectivity index (χ3v) is 2.95. The number of nitro groups is 1. The van der Waals surface area contributed by atoms with Crippen molar-refractivity contribution in [2.45, 2.75) is 13.3 Å². The standard InChI is InChI=1S/C14H14N2O4/c1-10-2-3-12(8-13(10)16(18)19)14(17)15-6-4-11-5-7-20-9-11/h2-3,5,7-9H,4,6H2,1H3,(H,15,17). The fraction of sp³-hybridized carbons (Fsp3) is 0.214. The zero-order valence-corrected chi connectivity index (χ0v) is 11.0. The Morgan fingerprint density at radius 2 is 2.20 bits per heavy atom. The van der Waals surface area contributed by atoms with Crippen molar-refractivity contribution in [3.63, 3.8) is 0 Å². The van der Waals surface area contributed by atoms with E-state index in [0.29, 0.717) is 18.5 Å². The number of nitrogens with one attached hydrogen (secondary N) is 1. The number of carbonyl (C=O) groups is 1. The average molecular weight is 274 g/mol. The van der Waals surface area contributed by atoms with Crippen LogP contribution in [0.4, 0.5) is 5.69 Å². The quantitative estimate of drug-likeness (QED) is 0.670. The predicted octanol–water partition coefficient (Wildman–Crippen LogP) is 2.47. The summed E-state index contributed by atoms with van der Waals surface area (Å²) in [5.41, 5.74) is 1.76. The summed E-state index contributed by atoms with van der Waals surface area (Å²) < 4.78 is 4.92. The molecule has 2 aromatic rings. The van der Waals surface area contributed by atoms with Crippen LogP contribution >= 0.6 is 0 Å². The molecule has 1 aromatic heterocycles. The summed E-state index contributed by atoms with van der Waals surface area (Å²) >= 11 is 0. The van der Waals surface area contributed by atoms with Gasteiger partial charge in [0.15, 0.2) is 0 Å². The number of benzene rings is 1. The van der Waals surface area contributed by atoms with E-state index in [2.05, 4.69) is 5.32 Å². The third-order valence-electron chi connectivity index (χ3n) is 2.95. The number of hydrogen-bond donors (Lipinski definition) is 1. The first-order valence-corrected chi connectivity index (χ1v) is 6.12. The van der Waals surface area contributed by atoms with Crippen LogP contribution in [0.2, 0.25) is 0 Å². The summed E-state index contributed by atoms with van der Waals surface area (Å²) in [6.45, 7) is 2.08. The topological polar surface area (TPSA) is 85.4 Å². The second-order valence-electron chi connectivity index (χ2n) is 4.40. The molecule has 0 atom stereocenters. The van der Waals surface area contributed by atoms with E-state index < -0.39 is 4.92 Å². The molecule has 1 heterocycles. The number of aryl methyl sites for hydroxylation is 1. The molecule has 0 unspecified atom stereocenters. The SMILES string of the molecule is Cc1ccc(C(=O)NCCc2ccoc2)cc1[N+](=O)[O-]. The number of carbonyl (C=O) groups excluding carboxylic acids is 1. The molecule has 104 valence electrons. The van der Waals surface area contributed by atoms with Crippen molar-refractivity contribution in [2.75, 3.05) is 6.54 Å². The zero-order valence-electron chi connectivity index (χ0n) is 11.0. The summed E-state index contributed by atoms with van der Waals surface area (Å²) in [6, 6.07) is 6.27. The smallest absolute Gasteiger partial charge is 0.273 e. The molecule has 0 aliphatic carbocycles. The van der Waals surface area contributed by atoms with Crippen molar-refractivity contribution in [2.24, 2.45) is 0 Å². The molecule has 0 spiro atoms. The van der Waals surface area contributed by atoms with Crippen LogP contribution in [0.5, 0.6) is 0 Å². The van der Waals surface area contributed by atoms with E-state index in [0.717, 1.165) is 5.56 Å². The molecule has 0 bridgehead atoms. The Labute approximate surface area is 115 Å². The molecule has 6 nitrogen and oxygen atoms in total. The Morgan fingerprint density at radius 1 is 1.40 bits per heavy atom. The highest BCUT2D eigenvalue weighted by Crippen LogP contribution is 2.19. The Bertz CT molecular complexity index is 620. The molecular weight excluding hydrogens is 260 g/mol. The van der Waals surface area contributed by atoms with Gasteiger partial charge < -0.3 is 9.73 Å². The molecule has 0 saturated carbocycles. The maximum atomic E-state index is 11.9. The third kappa shape index (κ3) is 3.23. The second kappa shape index (κ2) is 6.01. The zero-order chi connectivity index (χ0) is 14.5. The van der Waals surface area contributed by atoms with Gasteiger partial charge in [-0.3, -0.25) is 14.9 Å². The molecule has 0 fully saturated rings. The van der Waals surface area contributed by atoms with Crippen molar-refractivity contribution < 1.29 is 14.1 Å². The van der Waals surface area contributed by atoms with E-state index >= 15 is 0 Å². The summed E-state index contributed by atoms with van der Waals surface area (Å²) in [4.78, 5) is 22.2. The minimum atomic E-state index is -0.489. The number of nitrogens with zero attached hydrogens (tertiary/aromatic N) is 1. The van der Waals surface area contributed by atoms with Crippen LogP contribution in [0.15, 0.2) is 41.2 Å². The highest BCUT2D eigenvalue weighted by atomic mass is 16.6. The minimum Gasteiger partial charge on any atom is -0.472 e. The minimum absolute atomic E-state index is 0.0486. The van der Waals surface area contributed by atoms with Crippen molar-refractivity contribution in [1.29, 1.82) is 0 Å². The Kier molecular flexibility index (Phi) is 4.14. The summed E-state index contributed by atoms with van der Waals surface area (Å²) in [7, 11) is 0. The van der Waals surface area contributed by atoms with Gasteiger partial charge in [-0.1, -0.05) is 6.07 Å². The second-order valence-corrected chi connectivity index (χ2v) is 4.40. The highest BCUT2D eigenvalue weighted by molar-refractivity contribution is 5.94. The monoisotopic (exact) mass is 274 g/mol. The predicted molar refractivity (Wildman–Crippen MR) is 72.6 cm³/mol. The Hall–Kier alpha value is -2.63. The van der Waals surface area contributed by atoms with Crippen molar-refractivity contribution in [3.8, 4) is 0 Å². The molecule has 0 aliphatic heterocycles. The van der Waals surface area contributed by atoms with E-state index in [-0.39, 0.29) is 17.2 Å². The molecule has 20 heavy (non-hydrogen) atoms. The van der Waals surface area contributed by atoms with Crippen LogP contribution in [-0.4, -0.2) is 17.4 Å². The van der Waals surface area contributed by atoms with Crippen LogP contribution < -0.4 is 5.32 Å². The van der Waals surface area contributed by atoms with Crippen molar-refractivity contribution >= 4 is 11.6 Å². The van der Waals surface area contributed by atoms with Gasteiger partial charge in [-0.15, -0.1) is 0 Å². The molecule has 0 radical (unpaired) electrons. The molecular formula is C14H14N2O4. The van der Waals surface area contributed by atoms with Gasteiger partial charge in [-0.25, -0.2) is 0 Å². The van der Waals surface area contributed by atoms with Crippen LogP contribution in [0, 0.1) is 17.0 Å². The molecule has 2 rings (SSSR count). The fourth-order valence-corrected chi connectivity index (χ4v) is 1.80. The maximum absolute atomic E-state index is 11.9. The van der Waals surface area contributed by atoms with E-state index in [1.807, 2.05) is 6.07 Å². The summed E-state index contributed by atoms with van der Waals surface area (Å²) in [5.74, 6) is -0.323. The van der Waals surface area contributed by atoms with Crippen molar-refractivity contribution in [3.05, 3.63) is 63.6 Å². The van der Waals surface area contributed by atoms with E-state index in [4.69, 9.17) is 4.42 Å². The maximum Gasteiger partial charge on any atom is 0.273 e. The molecule has 1 amide bonds. The molecule has 1 N–H and O–H groups in total. The van der Waals surface area contributed by atoms with Gasteiger partial charge in [0.25, 0.3) is 11.6 Å². The highest BCUT2D eigenvalue weighted by Gasteiger charge is 2.14. The van der Waals surface area contributed by atoms with Gasteiger partial charge in [0.2, 0.25) is 0 Å². The van der Waals surface area contributed by atoms with Crippen LogP contribution in [0.25, 0.3) is 0 Å². The first kappa shape index (κ1) is 13.8. The number of nitro benzene ring substituents is 1. The average Bonchev–Trinajstić information content (AvgIpc) is 2.92.